The number of hydrogen-bond donors (Lipinski definition) is 2. The van der Waals surface area contributed by atoms with Gasteiger partial charge in [-0.2, -0.15) is 0 Å². The van der Waals surface area contributed by atoms with Crippen molar-refractivity contribution in [1.29, 1.82) is 0 Å². The number of carboxylic acids is 1. The first kappa shape index (κ1) is 11.0. The van der Waals surface area contributed by atoms with Gasteiger partial charge in [-0.25, -0.2) is 0 Å². The monoisotopic (exact) mass is 221 g/mol. The van der Waals surface area contributed by atoms with Gasteiger partial charge in [-0.15, -0.1) is 0 Å². The summed E-state index contributed by atoms with van der Waals surface area (Å²) in [6.07, 6.45) is 0.482. The summed E-state index contributed by atoms with van der Waals surface area (Å²) < 4.78 is 5.23. The number of nitrogen functional groups attached to an aromatic ring is 1. The highest BCUT2D eigenvalue weighted by Crippen LogP contribution is 2.37. The summed E-state index contributed by atoms with van der Waals surface area (Å²) in [4.78, 5) is 11.5. The normalized spacial score (nSPS) is 24.6. The van der Waals surface area contributed by atoms with Crippen molar-refractivity contribution in [2.75, 3.05) is 18.9 Å². The Balaban J connectivity index is 2.55. The molecule has 1 aliphatic rings. The third kappa shape index (κ3) is 1.55. The molecule has 2 rings (SSSR count). The first-order valence-electron chi connectivity index (χ1n) is 5.24. The van der Waals surface area contributed by atoms with E-state index in [2.05, 4.69) is 0 Å². The summed E-state index contributed by atoms with van der Waals surface area (Å²) >= 11 is 0. The molecule has 0 radical (unpaired) electrons. The number of aliphatic carboxylic acids is 1. The fourth-order valence-electron chi connectivity index (χ4n) is 2.15. The van der Waals surface area contributed by atoms with Crippen molar-refractivity contribution in [3.63, 3.8) is 0 Å². The van der Waals surface area contributed by atoms with Crippen molar-refractivity contribution >= 4 is 11.7 Å². The minimum atomic E-state index is -0.962. The van der Waals surface area contributed by atoms with E-state index in [9.17, 15) is 9.90 Å². The van der Waals surface area contributed by atoms with E-state index in [0.29, 0.717) is 24.3 Å². The molecule has 86 valence electrons. The van der Waals surface area contributed by atoms with E-state index in [1.165, 1.54) is 0 Å². The van der Waals surface area contributed by atoms with Crippen molar-refractivity contribution in [1.82, 2.24) is 0 Å². The molecule has 16 heavy (non-hydrogen) atoms. The minimum Gasteiger partial charge on any atom is -0.481 e. The highest BCUT2D eigenvalue weighted by molar-refractivity contribution is 5.84. The number of carbonyl (C=O) groups is 1. The molecule has 0 spiro atoms. The largest absolute Gasteiger partial charge is 0.481 e. The van der Waals surface area contributed by atoms with Gasteiger partial charge >= 0.3 is 5.97 Å². The molecule has 3 N–H and O–H groups in total. The van der Waals surface area contributed by atoms with Crippen molar-refractivity contribution in [2.24, 2.45) is 0 Å². The second-order valence-electron chi connectivity index (χ2n) is 4.28. The number of aryl methyl sites for hydroxylation is 1. The molecule has 1 saturated heterocycles. The summed E-state index contributed by atoms with van der Waals surface area (Å²) in [6.45, 7) is 2.60. The van der Waals surface area contributed by atoms with E-state index in [1.807, 2.05) is 19.1 Å². The number of ether oxygens (including phenoxy) is 1. The lowest BCUT2D eigenvalue weighted by Gasteiger charge is -2.24. The van der Waals surface area contributed by atoms with Crippen LogP contribution in [0.15, 0.2) is 18.2 Å². The zero-order chi connectivity index (χ0) is 11.8. The third-order valence-corrected chi connectivity index (χ3v) is 3.16. The molecule has 0 aliphatic carbocycles. The predicted octanol–water partition coefficient (Wildman–Crippen LogP) is 1.32. The van der Waals surface area contributed by atoms with Crippen LogP contribution < -0.4 is 5.73 Å². The van der Waals surface area contributed by atoms with Crippen LogP contribution >= 0.6 is 0 Å². The van der Waals surface area contributed by atoms with E-state index in [1.54, 1.807) is 6.07 Å². The topological polar surface area (TPSA) is 72.6 Å². The molecule has 0 amide bonds. The number of benzene rings is 1. The van der Waals surface area contributed by atoms with Crippen LogP contribution in [0.25, 0.3) is 0 Å². The molecular weight excluding hydrogens is 206 g/mol. The second-order valence-corrected chi connectivity index (χ2v) is 4.28. The lowest BCUT2D eigenvalue weighted by Crippen LogP contribution is -2.37. The summed E-state index contributed by atoms with van der Waals surface area (Å²) in [6, 6.07) is 5.48. The highest BCUT2D eigenvalue weighted by atomic mass is 16.5. The van der Waals surface area contributed by atoms with Crippen molar-refractivity contribution in [2.45, 2.75) is 18.8 Å². The first-order chi connectivity index (χ1) is 7.56. The van der Waals surface area contributed by atoms with Gasteiger partial charge in [0.15, 0.2) is 0 Å². The zero-order valence-electron chi connectivity index (χ0n) is 9.19. The van der Waals surface area contributed by atoms with Crippen molar-refractivity contribution in [3.05, 3.63) is 29.3 Å². The molecule has 4 nitrogen and oxygen atoms in total. The van der Waals surface area contributed by atoms with Crippen molar-refractivity contribution < 1.29 is 14.6 Å². The van der Waals surface area contributed by atoms with Gasteiger partial charge in [0, 0.05) is 12.3 Å². The van der Waals surface area contributed by atoms with Crippen LogP contribution in [0.3, 0.4) is 0 Å². The van der Waals surface area contributed by atoms with Gasteiger partial charge in [-0.1, -0.05) is 17.7 Å². The lowest BCUT2D eigenvalue weighted by atomic mass is 9.78. The number of hydrogen-bond acceptors (Lipinski definition) is 3. The molecule has 1 unspecified atom stereocenters. The van der Waals surface area contributed by atoms with Crippen LogP contribution in [-0.4, -0.2) is 24.3 Å². The highest BCUT2D eigenvalue weighted by Gasteiger charge is 2.45. The predicted molar refractivity (Wildman–Crippen MR) is 60.3 cm³/mol. The van der Waals surface area contributed by atoms with Gasteiger partial charge in [0.1, 0.15) is 5.41 Å². The average Bonchev–Trinajstić information content (AvgIpc) is 2.71. The van der Waals surface area contributed by atoms with E-state index < -0.39 is 11.4 Å². The van der Waals surface area contributed by atoms with Gasteiger partial charge in [0.05, 0.1) is 6.61 Å². The smallest absolute Gasteiger partial charge is 0.316 e. The molecule has 0 aromatic heterocycles. The van der Waals surface area contributed by atoms with Crippen LogP contribution in [0, 0.1) is 6.92 Å². The maximum atomic E-state index is 11.5. The molecule has 1 heterocycles. The Morgan fingerprint density at radius 3 is 2.88 bits per heavy atom. The molecule has 1 aliphatic heterocycles. The van der Waals surface area contributed by atoms with E-state index in [-0.39, 0.29) is 6.61 Å². The van der Waals surface area contributed by atoms with Crippen molar-refractivity contribution in [3.8, 4) is 0 Å². The van der Waals surface area contributed by atoms with E-state index in [0.717, 1.165) is 5.56 Å². The van der Waals surface area contributed by atoms with Crippen LogP contribution in [0.1, 0.15) is 17.5 Å². The van der Waals surface area contributed by atoms with Crippen LogP contribution in [0.2, 0.25) is 0 Å². The minimum absolute atomic E-state index is 0.204. The van der Waals surface area contributed by atoms with Crippen LogP contribution in [-0.2, 0) is 14.9 Å². The molecule has 0 bridgehead atoms. The van der Waals surface area contributed by atoms with Gasteiger partial charge in [-0.3, -0.25) is 4.79 Å². The zero-order valence-corrected chi connectivity index (χ0v) is 9.19. The molecule has 0 saturated carbocycles. The van der Waals surface area contributed by atoms with E-state index >= 15 is 0 Å². The Kier molecular flexibility index (Phi) is 2.59. The molecule has 1 fully saturated rings. The standard InChI is InChI=1S/C12H15NO3/c1-8-2-3-10(13)9(6-8)12(11(14)15)4-5-16-7-12/h2-3,6H,4-5,7,13H2,1H3,(H,14,15). The molecular formula is C12H15NO3. The molecule has 4 heteroatoms. The second kappa shape index (κ2) is 3.79. The van der Waals surface area contributed by atoms with E-state index in [4.69, 9.17) is 10.5 Å². The summed E-state index contributed by atoms with van der Waals surface area (Å²) in [7, 11) is 0. The summed E-state index contributed by atoms with van der Waals surface area (Å²) in [5, 5.41) is 9.40. The number of nitrogens with two attached hydrogens (primary N) is 1. The first-order valence-corrected chi connectivity index (χ1v) is 5.24. The quantitative estimate of drug-likeness (QED) is 0.739. The van der Waals surface area contributed by atoms with Gasteiger partial charge < -0.3 is 15.6 Å². The van der Waals surface area contributed by atoms with Gasteiger partial charge in [-0.05, 0) is 25.0 Å². The molecule has 1 aromatic rings. The molecule has 1 atom stereocenters. The maximum Gasteiger partial charge on any atom is 0.316 e. The fourth-order valence-corrected chi connectivity index (χ4v) is 2.15. The SMILES string of the molecule is Cc1ccc(N)c(C2(C(=O)O)CCOC2)c1. The number of rotatable bonds is 2. The third-order valence-electron chi connectivity index (χ3n) is 3.16. The maximum absolute atomic E-state index is 11.5. The number of carboxylic acid groups (broad SMARTS) is 1. The Morgan fingerprint density at radius 1 is 1.56 bits per heavy atom. The number of anilines is 1. The van der Waals surface area contributed by atoms with Crippen LogP contribution in [0.5, 0.6) is 0 Å². The Morgan fingerprint density at radius 2 is 2.31 bits per heavy atom. The summed E-state index contributed by atoms with van der Waals surface area (Å²) in [5.74, 6) is -0.859. The summed E-state index contributed by atoms with van der Waals surface area (Å²) in [5.41, 5.74) is 7.13. The fraction of sp³-hybridized carbons (Fsp3) is 0.417. The Bertz CT molecular complexity index is 422. The molecule has 1 aromatic carbocycles. The van der Waals surface area contributed by atoms with Gasteiger partial charge in [0.2, 0.25) is 0 Å². The van der Waals surface area contributed by atoms with Crippen LogP contribution in [0.4, 0.5) is 5.69 Å². The lowest BCUT2D eigenvalue weighted by molar-refractivity contribution is -0.143. The Hall–Kier alpha value is -1.55. The van der Waals surface area contributed by atoms with Gasteiger partial charge in [0.25, 0.3) is 0 Å². The average molecular weight is 221 g/mol. The Labute approximate surface area is 94.0 Å².